The molecule has 0 saturated heterocycles. The van der Waals surface area contributed by atoms with Crippen LogP contribution in [0, 0.1) is 19.8 Å². The third-order valence-electron chi connectivity index (χ3n) is 4.58. The summed E-state index contributed by atoms with van der Waals surface area (Å²) < 4.78 is 0. The van der Waals surface area contributed by atoms with E-state index in [-0.39, 0.29) is 0 Å². The molecule has 0 heterocycles. The fraction of sp³-hybridized carbons (Fsp3) is 0.667. The molecular formula is C18H29N. The lowest BCUT2D eigenvalue weighted by Gasteiger charge is -2.26. The molecular weight excluding hydrogens is 230 g/mol. The van der Waals surface area contributed by atoms with E-state index in [1.54, 1.807) is 0 Å². The van der Waals surface area contributed by atoms with Crippen LogP contribution in [0.5, 0.6) is 0 Å². The second-order valence-electron chi connectivity index (χ2n) is 6.35. The molecule has 1 unspecified atom stereocenters. The Labute approximate surface area is 118 Å². The lowest BCUT2D eigenvalue weighted by molar-refractivity contribution is 0.332. The van der Waals surface area contributed by atoms with Crippen LogP contribution in [0.1, 0.15) is 55.2 Å². The molecule has 1 aliphatic carbocycles. The van der Waals surface area contributed by atoms with Crippen LogP contribution in [0.2, 0.25) is 0 Å². The minimum Gasteiger partial charge on any atom is -0.316 e. The van der Waals surface area contributed by atoms with Crippen molar-refractivity contribution in [1.82, 2.24) is 5.32 Å². The molecule has 0 amide bonds. The first kappa shape index (κ1) is 14.6. The SMILES string of the molecule is CNC(Cc1cc(C)cc(C)c1)C1CCCCCC1. The Bertz CT molecular complexity index is 368. The predicted octanol–water partition coefficient (Wildman–Crippen LogP) is 4.40. The largest absolute Gasteiger partial charge is 0.316 e. The molecule has 1 aromatic rings. The minimum atomic E-state index is 0.652. The number of benzene rings is 1. The summed E-state index contributed by atoms with van der Waals surface area (Å²) in [6.45, 7) is 4.41. The highest BCUT2D eigenvalue weighted by Crippen LogP contribution is 2.27. The summed E-state index contributed by atoms with van der Waals surface area (Å²) in [4.78, 5) is 0. The van der Waals surface area contributed by atoms with Crippen molar-refractivity contribution in [2.75, 3.05) is 7.05 Å². The van der Waals surface area contributed by atoms with Crippen LogP contribution in [0.3, 0.4) is 0 Å². The third kappa shape index (κ3) is 4.35. The van der Waals surface area contributed by atoms with Crippen molar-refractivity contribution in [3.8, 4) is 0 Å². The standard InChI is InChI=1S/C18H29N/c1-14-10-15(2)12-16(11-14)13-18(19-3)17-8-6-4-5-7-9-17/h10-12,17-19H,4-9,13H2,1-3H3. The molecule has 0 spiro atoms. The van der Waals surface area contributed by atoms with Crippen LogP contribution in [-0.2, 0) is 6.42 Å². The zero-order valence-electron chi connectivity index (χ0n) is 12.8. The number of rotatable bonds is 4. The van der Waals surface area contributed by atoms with Gasteiger partial charge in [-0.1, -0.05) is 55.0 Å². The smallest absolute Gasteiger partial charge is 0.0133 e. The molecule has 1 aliphatic rings. The van der Waals surface area contributed by atoms with Crippen LogP contribution in [0.15, 0.2) is 18.2 Å². The van der Waals surface area contributed by atoms with Crippen molar-refractivity contribution < 1.29 is 0 Å². The molecule has 1 nitrogen and oxygen atoms in total. The average molecular weight is 259 g/mol. The monoisotopic (exact) mass is 259 g/mol. The summed E-state index contributed by atoms with van der Waals surface area (Å²) in [7, 11) is 2.14. The molecule has 106 valence electrons. The quantitative estimate of drug-likeness (QED) is 0.790. The van der Waals surface area contributed by atoms with Gasteiger partial charge in [0.1, 0.15) is 0 Å². The summed E-state index contributed by atoms with van der Waals surface area (Å²) in [5, 5.41) is 3.59. The van der Waals surface area contributed by atoms with Crippen LogP contribution in [0.25, 0.3) is 0 Å². The van der Waals surface area contributed by atoms with E-state index in [1.807, 2.05) is 0 Å². The van der Waals surface area contributed by atoms with Gasteiger partial charge in [-0.3, -0.25) is 0 Å². The van der Waals surface area contributed by atoms with Crippen LogP contribution in [-0.4, -0.2) is 13.1 Å². The Kier molecular flexibility index (Phi) is 5.45. The lowest BCUT2D eigenvalue weighted by atomic mass is 9.87. The fourth-order valence-electron chi connectivity index (χ4n) is 3.66. The number of likely N-dealkylation sites (N-methyl/N-ethyl adjacent to an activating group) is 1. The Morgan fingerprint density at radius 1 is 1.00 bits per heavy atom. The Balaban J connectivity index is 2.04. The van der Waals surface area contributed by atoms with Crippen LogP contribution < -0.4 is 5.32 Å². The molecule has 0 bridgehead atoms. The zero-order chi connectivity index (χ0) is 13.7. The normalized spacial score (nSPS) is 19.1. The van der Waals surface area contributed by atoms with Crippen molar-refractivity contribution in [1.29, 1.82) is 0 Å². The zero-order valence-corrected chi connectivity index (χ0v) is 12.8. The molecule has 19 heavy (non-hydrogen) atoms. The Morgan fingerprint density at radius 3 is 2.11 bits per heavy atom. The number of aryl methyl sites for hydroxylation is 2. The molecule has 0 aromatic heterocycles. The maximum atomic E-state index is 3.59. The molecule has 2 rings (SSSR count). The second kappa shape index (κ2) is 7.09. The third-order valence-corrected chi connectivity index (χ3v) is 4.58. The molecule has 1 heteroatoms. The maximum Gasteiger partial charge on any atom is 0.0133 e. The molecule has 0 radical (unpaired) electrons. The topological polar surface area (TPSA) is 12.0 Å². The van der Waals surface area contributed by atoms with Crippen molar-refractivity contribution in [2.24, 2.45) is 5.92 Å². The molecule has 1 aromatic carbocycles. The minimum absolute atomic E-state index is 0.652. The number of hydrogen-bond acceptors (Lipinski definition) is 1. The molecule has 1 N–H and O–H groups in total. The van der Waals surface area contributed by atoms with Crippen molar-refractivity contribution in [2.45, 2.75) is 64.8 Å². The van der Waals surface area contributed by atoms with Crippen LogP contribution >= 0.6 is 0 Å². The van der Waals surface area contributed by atoms with Crippen molar-refractivity contribution in [3.63, 3.8) is 0 Å². The molecule has 1 saturated carbocycles. The highest BCUT2D eigenvalue weighted by molar-refractivity contribution is 5.29. The fourth-order valence-corrected chi connectivity index (χ4v) is 3.66. The van der Waals surface area contributed by atoms with E-state index in [2.05, 4.69) is 44.4 Å². The highest BCUT2D eigenvalue weighted by atomic mass is 14.9. The van der Waals surface area contributed by atoms with Gasteiger partial charge in [-0.05, 0) is 51.6 Å². The van der Waals surface area contributed by atoms with E-state index < -0.39 is 0 Å². The van der Waals surface area contributed by atoms with Gasteiger partial charge in [-0.2, -0.15) is 0 Å². The highest BCUT2D eigenvalue weighted by Gasteiger charge is 2.21. The van der Waals surface area contributed by atoms with E-state index in [4.69, 9.17) is 0 Å². The summed E-state index contributed by atoms with van der Waals surface area (Å²) in [5.41, 5.74) is 4.29. The Hall–Kier alpha value is -0.820. The Morgan fingerprint density at radius 2 is 1.58 bits per heavy atom. The average Bonchev–Trinajstić information content (AvgIpc) is 2.63. The number of hydrogen-bond donors (Lipinski definition) is 1. The summed E-state index contributed by atoms with van der Waals surface area (Å²) in [6, 6.07) is 7.63. The van der Waals surface area contributed by atoms with E-state index >= 15 is 0 Å². The van der Waals surface area contributed by atoms with Gasteiger partial charge in [-0.15, -0.1) is 0 Å². The van der Waals surface area contributed by atoms with Gasteiger partial charge in [0, 0.05) is 6.04 Å². The summed E-state index contributed by atoms with van der Waals surface area (Å²) in [6.07, 6.45) is 9.74. The lowest BCUT2D eigenvalue weighted by Crippen LogP contribution is -2.35. The predicted molar refractivity (Wildman–Crippen MR) is 83.7 cm³/mol. The van der Waals surface area contributed by atoms with Gasteiger partial charge in [0.15, 0.2) is 0 Å². The molecule has 0 aliphatic heterocycles. The van der Waals surface area contributed by atoms with Gasteiger partial charge in [0.2, 0.25) is 0 Å². The van der Waals surface area contributed by atoms with Crippen LogP contribution in [0.4, 0.5) is 0 Å². The second-order valence-corrected chi connectivity index (χ2v) is 6.35. The van der Waals surface area contributed by atoms with Crippen molar-refractivity contribution in [3.05, 3.63) is 34.9 Å². The van der Waals surface area contributed by atoms with E-state index in [9.17, 15) is 0 Å². The van der Waals surface area contributed by atoms with E-state index in [0.29, 0.717) is 6.04 Å². The first-order chi connectivity index (χ1) is 9.19. The van der Waals surface area contributed by atoms with Gasteiger partial charge >= 0.3 is 0 Å². The molecule has 1 fully saturated rings. The summed E-state index contributed by atoms with van der Waals surface area (Å²) >= 11 is 0. The van der Waals surface area contributed by atoms with Gasteiger partial charge in [0.25, 0.3) is 0 Å². The first-order valence-corrected chi connectivity index (χ1v) is 7.93. The van der Waals surface area contributed by atoms with Gasteiger partial charge < -0.3 is 5.32 Å². The van der Waals surface area contributed by atoms with Gasteiger partial charge in [-0.25, -0.2) is 0 Å². The van der Waals surface area contributed by atoms with E-state index in [1.165, 1.54) is 61.6 Å². The maximum absolute atomic E-state index is 3.59. The van der Waals surface area contributed by atoms with E-state index in [0.717, 1.165) is 5.92 Å². The first-order valence-electron chi connectivity index (χ1n) is 7.93. The number of nitrogens with one attached hydrogen (secondary N) is 1. The molecule has 1 atom stereocenters. The van der Waals surface area contributed by atoms with Gasteiger partial charge in [0.05, 0.1) is 0 Å². The summed E-state index contributed by atoms with van der Waals surface area (Å²) in [5.74, 6) is 0.869. The van der Waals surface area contributed by atoms with Crippen molar-refractivity contribution >= 4 is 0 Å².